The second-order valence-electron chi connectivity index (χ2n) is 3.15. The number of hydrogen-bond donors (Lipinski definition) is 1. The smallest absolute Gasteiger partial charge is 0.448 e. The molecule has 1 rings (SSSR count). The van der Waals surface area contributed by atoms with Crippen LogP contribution in [0.2, 0.25) is 0 Å². The SMILES string of the molecule is OCC1CN(C[B-](F)(F)F)CCO1. The highest BCUT2D eigenvalue weighted by Gasteiger charge is 2.29. The topological polar surface area (TPSA) is 32.7 Å². The molecule has 1 N–H and O–H groups in total. The fourth-order valence-electron chi connectivity index (χ4n) is 1.35. The fourth-order valence-corrected chi connectivity index (χ4v) is 1.35. The number of hydrogen-bond acceptors (Lipinski definition) is 3. The number of halogens is 3. The van der Waals surface area contributed by atoms with E-state index in [2.05, 4.69) is 0 Å². The number of nitrogens with zero attached hydrogens (tertiary/aromatic N) is 1. The lowest BCUT2D eigenvalue weighted by Crippen LogP contribution is -2.49. The molecule has 7 heteroatoms. The maximum atomic E-state index is 12.0. The van der Waals surface area contributed by atoms with Crippen LogP contribution in [0.5, 0.6) is 0 Å². The van der Waals surface area contributed by atoms with Gasteiger partial charge in [0.15, 0.2) is 0 Å². The van der Waals surface area contributed by atoms with Crippen molar-refractivity contribution in [2.45, 2.75) is 6.10 Å². The van der Waals surface area contributed by atoms with Crippen LogP contribution in [0.1, 0.15) is 0 Å². The van der Waals surface area contributed by atoms with Crippen LogP contribution in [-0.4, -0.2) is 55.8 Å². The molecule has 0 amide bonds. The highest BCUT2D eigenvalue weighted by molar-refractivity contribution is 6.58. The molecule has 0 saturated carbocycles. The molecule has 1 unspecified atom stereocenters. The molecule has 1 heterocycles. The Kier molecular flexibility index (Phi) is 3.58. The van der Waals surface area contributed by atoms with Crippen molar-refractivity contribution in [3.05, 3.63) is 0 Å². The van der Waals surface area contributed by atoms with E-state index in [9.17, 15) is 12.9 Å². The van der Waals surface area contributed by atoms with Crippen molar-refractivity contribution < 1.29 is 22.8 Å². The molecule has 78 valence electrons. The average Bonchev–Trinajstić information content (AvgIpc) is 2.01. The van der Waals surface area contributed by atoms with E-state index in [1.807, 2.05) is 0 Å². The molecule has 13 heavy (non-hydrogen) atoms. The van der Waals surface area contributed by atoms with Crippen LogP contribution in [0.25, 0.3) is 0 Å². The summed E-state index contributed by atoms with van der Waals surface area (Å²) >= 11 is 0. The Morgan fingerprint density at radius 2 is 2.15 bits per heavy atom. The normalized spacial score (nSPS) is 26.3. The summed E-state index contributed by atoms with van der Waals surface area (Å²) in [5.41, 5.74) is 0. The monoisotopic (exact) mass is 198 g/mol. The number of morpholine rings is 1. The van der Waals surface area contributed by atoms with Gasteiger partial charge in [0, 0.05) is 13.1 Å². The van der Waals surface area contributed by atoms with Gasteiger partial charge < -0.3 is 27.7 Å². The Hall–Kier alpha value is -0.265. The quantitative estimate of drug-likeness (QED) is 0.651. The predicted octanol–water partition coefficient (Wildman–Crippen LogP) is 0.0661. The van der Waals surface area contributed by atoms with E-state index in [4.69, 9.17) is 9.84 Å². The molecular weight excluding hydrogens is 186 g/mol. The molecule has 1 saturated heterocycles. The van der Waals surface area contributed by atoms with Crippen molar-refractivity contribution in [1.82, 2.24) is 4.90 Å². The first-order chi connectivity index (χ1) is 6.01. The zero-order valence-corrected chi connectivity index (χ0v) is 7.13. The van der Waals surface area contributed by atoms with Gasteiger partial charge in [0.2, 0.25) is 0 Å². The first-order valence-corrected chi connectivity index (χ1v) is 4.17. The molecule has 0 aromatic rings. The van der Waals surface area contributed by atoms with E-state index < -0.39 is 19.5 Å². The van der Waals surface area contributed by atoms with Gasteiger partial charge in [-0.15, -0.1) is 0 Å². The summed E-state index contributed by atoms with van der Waals surface area (Å²) in [6, 6.07) is 0. The van der Waals surface area contributed by atoms with Gasteiger partial charge in [-0.3, -0.25) is 0 Å². The molecular formula is C6H12BF3NO2-. The summed E-state index contributed by atoms with van der Waals surface area (Å²) in [5, 5.41) is 8.68. The van der Waals surface area contributed by atoms with Gasteiger partial charge in [0.05, 0.1) is 19.3 Å². The van der Waals surface area contributed by atoms with Crippen molar-refractivity contribution in [3.63, 3.8) is 0 Å². The van der Waals surface area contributed by atoms with Crippen LogP contribution in [0.3, 0.4) is 0 Å². The molecule has 1 aliphatic rings. The van der Waals surface area contributed by atoms with E-state index in [1.54, 1.807) is 0 Å². The Morgan fingerprint density at radius 1 is 1.46 bits per heavy atom. The summed E-state index contributed by atoms with van der Waals surface area (Å²) < 4.78 is 41.0. The molecule has 1 fully saturated rings. The minimum Gasteiger partial charge on any atom is -0.448 e. The maximum Gasteiger partial charge on any atom is 0.492 e. The average molecular weight is 198 g/mol. The summed E-state index contributed by atoms with van der Waals surface area (Å²) in [7, 11) is 0. The van der Waals surface area contributed by atoms with E-state index in [-0.39, 0.29) is 26.3 Å². The Morgan fingerprint density at radius 3 is 2.69 bits per heavy atom. The van der Waals surface area contributed by atoms with Gasteiger partial charge in [-0.2, -0.15) is 0 Å². The van der Waals surface area contributed by atoms with Crippen LogP contribution >= 0.6 is 0 Å². The number of aliphatic hydroxyl groups is 1. The molecule has 0 spiro atoms. The van der Waals surface area contributed by atoms with Gasteiger partial charge >= 0.3 is 6.98 Å². The molecule has 0 aliphatic carbocycles. The Balaban J connectivity index is 2.34. The van der Waals surface area contributed by atoms with Crippen LogP contribution in [0, 0.1) is 0 Å². The molecule has 0 radical (unpaired) electrons. The molecule has 1 aliphatic heterocycles. The zero-order chi connectivity index (χ0) is 9.90. The maximum absolute atomic E-state index is 12.0. The standard InChI is InChI=1S/C6H12BF3NO2/c8-7(9,10)5-11-1-2-13-6(3-11)4-12/h6,12H,1-5H2/q-1. The summed E-state index contributed by atoms with van der Waals surface area (Å²) in [5.74, 6) is 0. The molecule has 0 bridgehead atoms. The van der Waals surface area contributed by atoms with E-state index in [0.717, 1.165) is 0 Å². The zero-order valence-electron chi connectivity index (χ0n) is 7.13. The van der Waals surface area contributed by atoms with Crippen LogP contribution in [0.4, 0.5) is 12.9 Å². The van der Waals surface area contributed by atoms with Crippen LogP contribution in [0.15, 0.2) is 0 Å². The summed E-state index contributed by atoms with van der Waals surface area (Å²) in [6.45, 7) is -4.27. The van der Waals surface area contributed by atoms with Crippen molar-refractivity contribution in [3.8, 4) is 0 Å². The highest BCUT2D eigenvalue weighted by atomic mass is 19.4. The van der Waals surface area contributed by atoms with Gasteiger partial charge in [-0.05, 0) is 6.44 Å². The van der Waals surface area contributed by atoms with Crippen molar-refractivity contribution in [1.29, 1.82) is 0 Å². The number of aliphatic hydroxyl groups excluding tert-OH is 1. The van der Waals surface area contributed by atoms with Crippen molar-refractivity contribution in [2.24, 2.45) is 0 Å². The second kappa shape index (κ2) is 4.30. The Labute approximate surface area is 74.5 Å². The van der Waals surface area contributed by atoms with Crippen molar-refractivity contribution in [2.75, 3.05) is 32.7 Å². The first-order valence-electron chi connectivity index (χ1n) is 4.17. The minimum absolute atomic E-state index is 0.164. The van der Waals surface area contributed by atoms with Gasteiger partial charge in [-0.25, -0.2) is 0 Å². The molecule has 0 aromatic heterocycles. The number of rotatable bonds is 3. The van der Waals surface area contributed by atoms with Crippen LogP contribution in [-0.2, 0) is 4.74 Å². The summed E-state index contributed by atoms with van der Waals surface area (Å²) in [6.07, 6.45) is -1.33. The third-order valence-corrected chi connectivity index (χ3v) is 1.89. The van der Waals surface area contributed by atoms with Gasteiger partial charge in [0.25, 0.3) is 0 Å². The minimum atomic E-state index is -4.77. The van der Waals surface area contributed by atoms with Crippen LogP contribution < -0.4 is 0 Å². The van der Waals surface area contributed by atoms with E-state index in [0.29, 0.717) is 0 Å². The van der Waals surface area contributed by atoms with E-state index >= 15 is 0 Å². The number of ether oxygens (including phenoxy) is 1. The molecule has 0 aromatic carbocycles. The third-order valence-electron chi connectivity index (χ3n) is 1.89. The van der Waals surface area contributed by atoms with Crippen molar-refractivity contribution >= 4 is 6.98 Å². The second-order valence-corrected chi connectivity index (χ2v) is 3.15. The summed E-state index contributed by atoms with van der Waals surface area (Å²) in [4.78, 5) is 1.27. The fraction of sp³-hybridized carbons (Fsp3) is 1.00. The first kappa shape index (κ1) is 10.8. The Bertz CT molecular complexity index is 166. The largest absolute Gasteiger partial charge is 0.492 e. The molecule has 1 atom stereocenters. The highest BCUT2D eigenvalue weighted by Crippen LogP contribution is 2.13. The molecule has 3 nitrogen and oxygen atoms in total. The lowest BCUT2D eigenvalue weighted by Gasteiger charge is -2.34. The van der Waals surface area contributed by atoms with Gasteiger partial charge in [-0.1, -0.05) is 0 Å². The predicted molar refractivity (Wildman–Crippen MR) is 42.3 cm³/mol. The van der Waals surface area contributed by atoms with E-state index in [1.165, 1.54) is 4.90 Å². The lowest BCUT2D eigenvalue weighted by atomic mass is 9.91. The third kappa shape index (κ3) is 3.97. The van der Waals surface area contributed by atoms with Gasteiger partial charge in [0.1, 0.15) is 0 Å². The lowest BCUT2D eigenvalue weighted by molar-refractivity contribution is -0.0497.